The second kappa shape index (κ2) is 6.42. The molecule has 0 aliphatic rings. The van der Waals surface area contributed by atoms with E-state index in [0.717, 1.165) is 23.7 Å². The molecule has 126 valence electrons. The normalized spacial score (nSPS) is 12.4. The molecule has 0 aliphatic carbocycles. The number of nitrogens with zero attached hydrogens (tertiary/aromatic N) is 2. The fourth-order valence-electron chi connectivity index (χ4n) is 1.65. The summed E-state index contributed by atoms with van der Waals surface area (Å²) in [6.45, 7) is -0.381. The van der Waals surface area contributed by atoms with Gasteiger partial charge in [-0.15, -0.1) is 10.2 Å². The summed E-state index contributed by atoms with van der Waals surface area (Å²) < 4.78 is 70.6. The second-order valence-electron chi connectivity index (χ2n) is 4.38. The molecular formula is C12H11F3N2O4S2. The molecule has 0 saturated heterocycles. The largest absolute Gasteiger partial charge is 0.497 e. The zero-order valence-corrected chi connectivity index (χ0v) is 13.5. The van der Waals surface area contributed by atoms with E-state index in [2.05, 4.69) is 14.4 Å². The Hall–Kier alpha value is -1.72. The van der Waals surface area contributed by atoms with Gasteiger partial charge in [0, 0.05) is 5.56 Å². The Kier molecular flexibility index (Phi) is 4.92. The highest BCUT2D eigenvalue weighted by Gasteiger charge is 2.35. The maximum atomic E-state index is 13.2. The van der Waals surface area contributed by atoms with Gasteiger partial charge in [-0.05, 0) is 18.2 Å². The maximum absolute atomic E-state index is 13.2. The van der Waals surface area contributed by atoms with Crippen LogP contribution >= 0.6 is 11.3 Å². The van der Waals surface area contributed by atoms with Crippen LogP contribution in [0.3, 0.4) is 0 Å². The summed E-state index contributed by atoms with van der Waals surface area (Å²) >= 11 is 0.818. The van der Waals surface area contributed by atoms with Gasteiger partial charge < -0.3 is 4.74 Å². The zero-order valence-electron chi connectivity index (χ0n) is 11.9. The van der Waals surface area contributed by atoms with Gasteiger partial charge in [0.1, 0.15) is 22.4 Å². The van der Waals surface area contributed by atoms with Gasteiger partial charge in [0.05, 0.1) is 18.9 Å². The Morgan fingerprint density at radius 2 is 1.96 bits per heavy atom. The third-order valence-electron chi connectivity index (χ3n) is 2.63. The highest BCUT2D eigenvalue weighted by molar-refractivity contribution is 7.85. The first-order valence-corrected chi connectivity index (χ1v) is 8.66. The number of hydrogen-bond donors (Lipinski definition) is 0. The number of aromatic nitrogens is 2. The van der Waals surface area contributed by atoms with E-state index in [1.165, 1.54) is 19.2 Å². The number of hydrogen-bond acceptors (Lipinski definition) is 7. The van der Waals surface area contributed by atoms with Gasteiger partial charge in [0.15, 0.2) is 0 Å². The van der Waals surface area contributed by atoms with E-state index < -0.39 is 21.9 Å². The molecule has 23 heavy (non-hydrogen) atoms. The molecule has 0 fully saturated rings. The molecule has 0 unspecified atom stereocenters. The first kappa shape index (κ1) is 17.6. The number of benzene rings is 1. The molecule has 0 radical (unpaired) electrons. The molecule has 0 bridgehead atoms. The van der Waals surface area contributed by atoms with Crippen molar-refractivity contribution in [1.29, 1.82) is 0 Å². The number of halogens is 3. The van der Waals surface area contributed by atoms with E-state index in [1.54, 1.807) is 0 Å². The molecule has 6 nitrogen and oxygen atoms in total. The minimum absolute atomic E-state index is 0.00655. The lowest BCUT2D eigenvalue weighted by atomic mass is 10.1. The zero-order chi connectivity index (χ0) is 17.3. The van der Waals surface area contributed by atoms with Crippen LogP contribution in [0.4, 0.5) is 13.2 Å². The third kappa shape index (κ3) is 4.62. The van der Waals surface area contributed by atoms with Gasteiger partial charge in [-0.3, -0.25) is 4.18 Å². The molecule has 0 aliphatic heterocycles. The molecule has 2 rings (SSSR count). The number of methoxy groups -OCH3 is 1. The lowest BCUT2D eigenvalue weighted by molar-refractivity contribution is -0.137. The maximum Gasteiger partial charge on any atom is 0.417 e. The van der Waals surface area contributed by atoms with Crippen molar-refractivity contribution in [2.45, 2.75) is 12.8 Å². The van der Waals surface area contributed by atoms with E-state index in [-0.39, 0.29) is 27.9 Å². The van der Waals surface area contributed by atoms with Crippen molar-refractivity contribution in [2.75, 3.05) is 13.4 Å². The van der Waals surface area contributed by atoms with Crippen LogP contribution in [0.15, 0.2) is 18.2 Å². The summed E-state index contributed by atoms with van der Waals surface area (Å²) in [5, 5.41) is 7.47. The van der Waals surface area contributed by atoms with Gasteiger partial charge in [-0.2, -0.15) is 21.6 Å². The van der Waals surface area contributed by atoms with E-state index in [4.69, 9.17) is 4.74 Å². The van der Waals surface area contributed by atoms with Crippen molar-refractivity contribution in [3.8, 4) is 16.3 Å². The van der Waals surface area contributed by atoms with Crippen molar-refractivity contribution in [2.24, 2.45) is 0 Å². The molecular weight excluding hydrogens is 357 g/mol. The average Bonchev–Trinajstić information content (AvgIpc) is 2.91. The standard InChI is InChI=1S/C12H11F3N2O4S2/c1-20-7-3-4-8(9(5-7)12(13,14)15)11-17-16-10(22-11)6-21-23(2,18)19/h3-5H,6H2,1-2H3. The van der Waals surface area contributed by atoms with Crippen LogP contribution in [0, 0.1) is 0 Å². The van der Waals surface area contributed by atoms with Crippen LogP contribution in [0.1, 0.15) is 10.6 Å². The van der Waals surface area contributed by atoms with Crippen LogP contribution in [0.2, 0.25) is 0 Å². The fourth-order valence-corrected chi connectivity index (χ4v) is 2.84. The van der Waals surface area contributed by atoms with Crippen molar-refractivity contribution in [1.82, 2.24) is 10.2 Å². The van der Waals surface area contributed by atoms with Gasteiger partial charge in [-0.1, -0.05) is 11.3 Å². The minimum atomic E-state index is -4.60. The predicted molar refractivity (Wildman–Crippen MR) is 76.5 cm³/mol. The molecule has 0 spiro atoms. The highest BCUT2D eigenvalue weighted by atomic mass is 32.2. The summed E-state index contributed by atoms with van der Waals surface area (Å²) in [5.41, 5.74) is -1.08. The second-order valence-corrected chi connectivity index (χ2v) is 7.08. The summed E-state index contributed by atoms with van der Waals surface area (Å²) in [4.78, 5) is 0. The first-order valence-electron chi connectivity index (χ1n) is 6.02. The van der Waals surface area contributed by atoms with Crippen molar-refractivity contribution >= 4 is 21.5 Å². The molecule has 0 saturated carbocycles. The Morgan fingerprint density at radius 3 is 2.52 bits per heavy atom. The summed E-state index contributed by atoms with van der Waals surface area (Å²) in [6.07, 6.45) is -3.74. The molecule has 1 aromatic heterocycles. The topological polar surface area (TPSA) is 78.4 Å². The minimum Gasteiger partial charge on any atom is -0.497 e. The Labute approximate surface area is 134 Å². The van der Waals surface area contributed by atoms with Gasteiger partial charge in [-0.25, -0.2) is 0 Å². The Balaban J connectivity index is 2.37. The predicted octanol–water partition coefficient (Wildman–Crippen LogP) is 2.71. The SMILES string of the molecule is COc1ccc(-c2nnc(COS(C)(=O)=O)s2)c(C(F)(F)F)c1. The van der Waals surface area contributed by atoms with Crippen LogP contribution < -0.4 is 4.74 Å². The third-order valence-corrected chi connectivity index (χ3v) is 4.10. The molecule has 2 aromatic rings. The monoisotopic (exact) mass is 368 g/mol. The number of alkyl halides is 3. The summed E-state index contributed by atoms with van der Waals surface area (Å²) in [6, 6.07) is 3.46. The Bertz CT molecular complexity index is 803. The molecule has 11 heteroatoms. The number of rotatable bonds is 5. The van der Waals surface area contributed by atoms with E-state index in [0.29, 0.717) is 0 Å². The quantitative estimate of drug-likeness (QED) is 0.755. The number of ether oxygens (including phenoxy) is 1. The van der Waals surface area contributed by atoms with Gasteiger partial charge in [0.25, 0.3) is 10.1 Å². The lowest BCUT2D eigenvalue weighted by Gasteiger charge is -2.12. The van der Waals surface area contributed by atoms with E-state index in [1.807, 2.05) is 0 Å². The van der Waals surface area contributed by atoms with Crippen molar-refractivity contribution < 1.29 is 30.5 Å². The fraction of sp³-hybridized carbons (Fsp3) is 0.333. The lowest BCUT2D eigenvalue weighted by Crippen LogP contribution is -2.07. The average molecular weight is 368 g/mol. The van der Waals surface area contributed by atoms with Crippen LogP contribution in [-0.2, 0) is 27.1 Å². The Morgan fingerprint density at radius 1 is 1.26 bits per heavy atom. The van der Waals surface area contributed by atoms with E-state index >= 15 is 0 Å². The van der Waals surface area contributed by atoms with Crippen LogP contribution in [-0.4, -0.2) is 32.0 Å². The van der Waals surface area contributed by atoms with Crippen LogP contribution in [0.5, 0.6) is 5.75 Å². The highest BCUT2D eigenvalue weighted by Crippen LogP contribution is 2.39. The van der Waals surface area contributed by atoms with Crippen molar-refractivity contribution in [3.05, 3.63) is 28.8 Å². The van der Waals surface area contributed by atoms with Crippen molar-refractivity contribution in [3.63, 3.8) is 0 Å². The summed E-state index contributed by atoms with van der Waals surface area (Å²) in [5.74, 6) is 0.0613. The van der Waals surface area contributed by atoms with E-state index in [9.17, 15) is 21.6 Å². The molecule has 1 aromatic carbocycles. The molecule has 1 heterocycles. The molecule has 0 N–H and O–H groups in total. The van der Waals surface area contributed by atoms with Gasteiger partial charge >= 0.3 is 6.18 Å². The van der Waals surface area contributed by atoms with Gasteiger partial charge in [0.2, 0.25) is 0 Å². The first-order chi connectivity index (χ1) is 10.6. The smallest absolute Gasteiger partial charge is 0.417 e. The molecule has 0 amide bonds. The van der Waals surface area contributed by atoms with Crippen LogP contribution in [0.25, 0.3) is 10.6 Å². The molecule has 0 atom stereocenters. The summed E-state index contributed by atoms with van der Waals surface area (Å²) in [7, 11) is -2.41.